The Kier molecular flexibility index (Phi) is 14.6. The van der Waals surface area contributed by atoms with E-state index in [4.69, 9.17) is 23.8 Å². The van der Waals surface area contributed by atoms with E-state index in [2.05, 4.69) is 210 Å². The van der Waals surface area contributed by atoms with E-state index in [1.807, 2.05) is 78.9 Å². The lowest BCUT2D eigenvalue weighted by Crippen LogP contribution is -2.29. The number of hydrogen-bond donors (Lipinski definition) is 2. The van der Waals surface area contributed by atoms with Crippen LogP contribution in [0, 0.1) is 0 Å². The van der Waals surface area contributed by atoms with Gasteiger partial charge in [-0.15, -0.1) is 0 Å². The van der Waals surface area contributed by atoms with Crippen molar-refractivity contribution in [3.05, 3.63) is 364 Å². The van der Waals surface area contributed by atoms with E-state index in [1.54, 1.807) is 6.07 Å². The first kappa shape index (κ1) is 54.4. The van der Waals surface area contributed by atoms with Gasteiger partial charge in [-0.2, -0.15) is 21.6 Å². The maximum absolute atomic E-state index is 13.0. The molecule has 0 spiro atoms. The monoisotopic (exact) mass is 1370 g/mol. The van der Waals surface area contributed by atoms with Crippen LogP contribution in [0.5, 0.6) is 5.75 Å². The number of rotatable bonds is 10. The van der Waals surface area contributed by atoms with E-state index in [0.717, 1.165) is 115 Å². The predicted octanol–water partition coefficient (Wildman–Crippen LogP) is 23.9. The summed E-state index contributed by atoms with van der Waals surface area (Å²) in [4.78, 5) is 0. The first-order valence-electron chi connectivity index (χ1n) is 38.1. The summed E-state index contributed by atoms with van der Waals surface area (Å²) in [7, 11) is -7.87. The fraction of sp³-hybridized carbons (Fsp3) is 0.0108. The highest BCUT2D eigenvalue weighted by molar-refractivity contribution is 7.88. The molecule has 5 nitrogen and oxygen atoms in total. The highest BCUT2D eigenvalue weighted by Crippen LogP contribution is 2.50. The van der Waals surface area contributed by atoms with Gasteiger partial charge >= 0.3 is 22.7 Å². The second kappa shape index (κ2) is 27.6. The van der Waals surface area contributed by atoms with E-state index in [0.29, 0.717) is 10.9 Å². The third kappa shape index (κ3) is 12.6. The summed E-state index contributed by atoms with van der Waals surface area (Å²) in [6, 6.07) is 98.2. The minimum Gasteiger partial charge on any atom is -0.423 e. The Hall–Kier alpha value is -12.4. The molecule has 0 saturated carbocycles. The highest BCUT2D eigenvalue weighted by atomic mass is 32.2. The van der Waals surface area contributed by atoms with E-state index < -0.39 is 64.2 Å². The van der Waals surface area contributed by atoms with Crippen LogP contribution >= 0.6 is 0 Å². The molecule has 494 valence electrons. The minimum atomic E-state index is -5.80. The highest BCUT2D eigenvalue weighted by Gasteiger charge is 2.48. The smallest absolute Gasteiger partial charge is 0.423 e. The van der Waals surface area contributed by atoms with Gasteiger partial charge in [-0.25, -0.2) is 0 Å². The second-order valence-electron chi connectivity index (χ2n) is 24.7. The Morgan fingerprint density at radius 1 is 0.291 bits per heavy atom. The van der Waals surface area contributed by atoms with E-state index in [1.165, 1.54) is 45.2 Å². The Bertz CT molecular complexity index is 6870. The maximum atomic E-state index is 13.0. The average Bonchev–Trinajstić information content (AvgIpc) is 0.726. The number of alkyl halides is 3. The average molecular weight is 1370 g/mol. The molecule has 10 heteroatoms. The summed E-state index contributed by atoms with van der Waals surface area (Å²) in [6.45, 7) is 0. The van der Waals surface area contributed by atoms with E-state index >= 15 is 0 Å². The quantitative estimate of drug-likeness (QED) is 0.0617. The van der Waals surface area contributed by atoms with Gasteiger partial charge in [0, 0.05) is 0 Å². The van der Waals surface area contributed by atoms with Crippen molar-refractivity contribution in [1.29, 1.82) is 0 Å². The van der Waals surface area contributed by atoms with Crippen LogP contribution in [0.4, 0.5) is 13.2 Å². The molecule has 0 atom stereocenters. The fourth-order valence-corrected chi connectivity index (χ4v) is 14.6. The molecule has 0 aromatic heterocycles. The van der Waals surface area contributed by atoms with Crippen LogP contribution in [-0.2, 0) is 10.1 Å². The van der Waals surface area contributed by atoms with Crippen LogP contribution in [0.2, 0.25) is 0 Å². The molecule has 18 aromatic carbocycles. The lowest BCUT2D eigenvalue weighted by molar-refractivity contribution is -0.0500. The lowest BCUT2D eigenvalue weighted by atomic mass is 9.81. The van der Waals surface area contributed by atoms with Crippen molar-refractivity contribution in [3.8, 4) is 83.6 Å². The van der Waals surface area contributed by atoms with Crippen LogP contribution < -0.4 is 9.65 Å². The number of halogens is 3. The lowest BCUT2D eigenvalue weighted by Gasteiger charge is -2.20. The van der Waals surface area contributed by atoms with Gasteiger partial charge in [0.1, 0.15) is 5.75 Å². The van der Waals surface area contributed by atoms with Gasteiger partial charge in [0.2, 0.25) is 0 Å². The Labute approximate surface area is 608 Å². The van der Waals surface area contributed by atoms with Gasteiger partial charge in [0.05, 0.1) is 13.7 Å². The summed E-state index contributed by atoms with van der Waals surface area (Å²) < 4.78 is 145. The molecule has 103 heavy (non-hydrogen) atoms. The van der Waals surface area contributed by atoms with Crippen molar-refractivity contribution >= 4 is 109 Å². The molecule has 0 aliphatic rings. The van der Waals surface area contributed by atoms with Crippen LogP contribution in [0.25, 0.3) is 164 Å². The van der Waals surface area contributed by atoms with Gasteiger partial charge in [-0.1, -0.05) is 333 Å². The predicted molar refractivity (Wildman–Crippen MR) is 423 cm³/mol. The molecule has 0 radical (unpaired) electrons. The summed E-state index contributed by atoms with van der Waals surface area (Å²) >= 11 is 0. The molecule has 0 fully saturated rings. The largest absolute Gasteiger partial charge is 0.534 e. The Balaban J connectivity index is 0.000000146. The number of benzene rings is 18. The van der Waals surface area contributed by atoms with Crippen molar-refractivity contribution in [3.63, 3.8) is 0 Å². The molecule has 0 aliphatic carbocycles. The third-order valence-corrected chi connectivity index (χ3v) is 19.7. The summed E-state index contributed by atoms with van der Waals surface area (Å²) in [5.41, 5.74) is 8.03. The molecule has 0 bridgehead atoms. The van der Waals surface area contributed by atoms with Gasteiger partial charge in [-0.3, -0.25) is 0 Å². The zero-order chi connectivity index (χ0) is 78.9. The van der Waals surface area contributed by atoms with Gasteiger partial charge < -0.3 is 14.2 Å². The molecular formula is C93H62BF3O5S. The zero-order valence-electron chi connectivity index (χ0n) is 64.6. The summed E-state index contributed by atoms with van der Waals surface area (Å²) in [5, 5.41) is 34.3. The van der Waals surface area contributed by atoms with Crippen molar-refractivity contribution in [2.24, 2.45) is 0 Å². The SMILES string of the molecule is O=S(=O)(Oc1ccc2ccc(-c3c4ccccc4c(-c4ccc(-c5ccccc5)c5ccccc45)c4ccccc34)cc2c1)C(F)(F)F.[2H]c1c([2H])c([2H])c(-c2ccc3ccc(-c4c5ccccc5c(-c5ccc(-c6ccccc6)c6ccccc56)c5ccccc45)cc3c2)c([2H])c1[2H].[2H]c1c([2H])c([2H])c(B(O)O)c([2H])c1[2H]. The van der Waals surface area contributed by atoms with Crippen LogP contribution in [0.15, 0.2) is 364 Å². The van der Waals surface area contributed by atoms with E-state index in [-0.39, 0.29) is 35.8 Å². The number of fused-ring (bicyclic) bond motifs is 8. The van der Waals surface area contributed by atoms with Crippen LogP contribution in [0.3, 0.4) is 0 Å². The molecule has 0 amide bonds. The zero-order valence-corrected chi connectivity index (χ0v) is 55.4. The molecule has 18 rings (SSSR count). The molecule has 0 aliphatic heterocycles. The fourth-order valence-electron chi connectivity index (χ4n) is 14.2. The molecule has 0 heterocycles. The molecule has 18 aromatic rings. The standard InChI is InChI=1S/C46H30.C41H25F3O3S.C6H7BO2/c1-3-13-31(14-4-1)34-25-23-32-24-26-35(30-36(32)29-34)45-40-19-9-11-21-42(40)46(43-22-12-10-20-41(43)45)44-28-27-37(33-15-5-2-6-16-33)38-17-7-8-18-39(38)44;42-41(43,44)48(45,46)47-30-21-20-26-18-19-28(24-29(26)25-30)39-34-14-6-8-16-36(34)40(37-17-9-7-15-35(37)39)38-23-22-31(27-10-2-1-3-11-27)32-12-4-5-13-33(32)38;8-7(9)6-4-2-1-3-5-6/h1-30H;1-25H;1-5,8-9H/i1D,3D,4D,13D,14D;;1D,2D,3D,4D,5D. The van der Waals surface area contributed by atoms with Crippen molar-refractivity contribution in [1.82, 2.24) is 0 Å². The molecule has 0 saturated heterocycles. The maximum Gasteiger partial charge on any atom is 0.534 e. The normalized spacial score (nSPS) is 13.0. The topological polar surface area (TPSA) is 83.8 Å². The van der Waals surface area contributed by atoms with Crippen molar-refractivity contribution < 1.29 is 49.5 Å². The van der Waals surface area contributed by atoms with Crippen LogP contribution in [0.1, 0.15) is 13.7 Å². The first-order chi connectivity index (χ1) is 54.5. The third-order valence-electron chi connectivity index (χ3n) is 18.7. The van der Waals surface area contributed by atoms with Gasteiger partial charge in [-0.05, 0) is 200 Å². The number of hydrogen-bond acceptors (Lipinski definition) is 5. The minimum absolute atomic E-state index is 0.201. The summed E-state index contributed by atoms with van der Waals surface area (Å²) in [6.07, 6.45) is 0. The van der Waals surface area contributed by atoms with Crippen molar-refractivity contribution in [2.45, 2.75) is 5.51 Å². The molecule has 0 unspecified atom stereocenters. The van der Waals surface area contributed by atoms with E-state index in [9.17, 15) is 21.6 Å². The van der Waals surface area contributed by atoms with Crippen LogP contribution in [-0.4, -0.2) is 31.1 Å². The molecule has 2 N–H and O–H groups in total. The van der Waals surface area contributed by atoms with Crippen molar-refractivity contribution in [2.75, 3.05) is 0 Å². The summed E-state index contributed by atoms with van der Waals surface area (Å²) in [5.74, 6) is -0.409. The second-order valence-corrected chi connectivity index (χ2v) is 26.3. The Morgan fingerprint density at radius 3 is 0.990 bits per heavy atom. The van der Waals surface area contributed by atoms with Gasteiger partial charge in [0.15, 0.2) is 0 Å². The Morgan fingerprint density at radius 2 is 0.602 bits per heavy atom. The first-order valence-corrected chi connectivity index (χ1v) is 34.5. The molecular weight excluding hydrogens is 1300 g/mol. The van der Waals surface area contributed by atoms with Gasteiger partial charge in [0.25, 0.3) is 0 Å².